The Morgan fingerprint density at radius 1 is 1.43 bits per heavy atom. The molecular weight excluding hydrogens is 184 g/mol. The molecular formula is C9H6N2O3. The normalized spacial score (nSPS) is 10.0. The summed E-state index contributed by atoms with van der Waals surface area (Å²) in [5, 5.41) is 12.2. The molecule has 1 N–H and O–H groups in total. The summed E-state index contributed by atoms with van der Waals surface area (Å²) in [7, 11) is 0. The smallest absolute Gasteiger partial charge is 0.375 e. The second kappa shape index (κ2) is 3.29. The monoisotopic (exact) mass is 190 g/mol. The molecule has 14 heavy (non-hydrogen) atoms. The molecule has 0 bridgehead atoms. The zero-order valence-corrected chi connectivity index (χ0v) is 7.04. The van der Waals surface area contributed by atoms with Gasteiger partial charge in [-0.15, -0.1) is 0 Å². The van der Waals surface area contributed by atoms with E-state index in [4.69, 9.17) is 5.11 Å². The van der Waals surface area contributed by atoms with E-state index in [1.165, 1.54) is 6.20 Å². The molecule has 2 aromatic heterocycles. The van der Waals surface area contributed by atoms with Crippen LogP contribution in [0.3, 0.4) is 0 Å². The van der Waals surface area contributed by atoms with Gasteiger partial charge in [0.1, 0.15) is 0 Å². The topological polar surface area (TPSA) is 76.2 Å². The fraction of sp³-hybridized carbons (Fsp3) is 0. The Morgan fingerprint density at radius 2 is 2.29 bits per heavy atom. The first-order valence-corrected chi connectivity index (χ1v) is 3.87. The highest BCUT2D eigenvalue weighted by Crippen LogP contribution is 2.21. The van der Waals surface area contributed by atoms with Crippen LogP contribution >= 0.6 is 0 Å². The molecule has 5 heteroatoms. The zero-order chi connectivity index (χ0) is 9.97. The van der Waals surface area contributed by atoms with Crippen molar-refractivity contribution in [3.63, 3.8) is 0 Å². The molecule has 0 aliphatic rings. The van der Waals surface area contributed by atoms with Gasteiger partial charge in [0.05, 0.1) is 11.8 Å². The molecule has 5 nitrogen and oxygen atoms in total. The van der Waals surface area contributed by atoms with Gasteiger partial charge < -0.3 is 9.63 Å². The van der Waals surface area contributed by atoms with Crippen LogP contribution in [-0.4, -0.2) is 21.2 Å². The Morgan fingerprint density at radius 3 is 2.93 bits per heavy atom. The second-order valence-electron chi connectivity index (χ2n) is 2.62. The van der Waals surface area contributed by atoms with Crippen molar-refractivity contribution in [3.8, 4) is 11.1 Å². The Kier molecular flexibility index (Phi) is 1.98. The van der Waals surface area contributed by atoms with Crippen LogP contribution in [-0.2, 0) is 0 Å². The van der Waals surface area contributed by atoms with Crippen LogP contribution in [0.4, 0.5) is 0 Å². The van der Waals surface area contributed by atoms with E-state index in [2.05, 4.69) is 14.7 Å². The summed E-state index contributed by atoms with van der Waals surface area (Å²) >= 11 is 0. The molecule has 2 heterocycles. The molecule has 0 aromatic carbocycles. The molecule has 0 saturated heterocycles. The largest absolute Gasteiger partial charge is 0.475 e. The number of nitrogens with zero attached hydrogens (tertiary/aromatic N) is 2. The summed E-state index contributed by atoms with van der Waals surface area (Å²) < 4.78 is 4.60. The highest BCUT2D eigenvalue weighted by atomic mass is 16.5. The summed E-state index contributed by atoms with van der Waals surface area (Å²) in [5.41, 5.74) is 1.11. The maximum Gasteiger partial charge on any atom is 0.375 e. The van der Waals surface area contributed by atoms with E-state index in [9.17, 15) is 4.79 Å². The number of hydrogen-bond donors (Lipinski definition) is 1. The van der Waals surface area contributed by atoms with Crippen molar-refractivity contribution in [1.82, 2.24) is 10.1 Å². The van der Waals surface area contributed by atoms with E-state index in [-0.39, 0.29) is 5.76 Å². The van der Waals surface area contributed by atoms with Crippen molar-refractivity contribution < 1.29 is 14.4 Å². The van der Waals surface area contributed by atoms with Gasteiger partial charge in [-0.25, -0.2) is 4.79 Å². The molecule has 0 aliphatic heterocycles. The van der Waals surface area contributed by atoms with Gasteiger partial charge >= 0.3 is 5.97 Å². The molecule has 0 unspecified atom stereocenters. The van der Waals surface area contributed by atoms with Crippen LogP contribution in [0.5, 0.6) is 0 Å². The molecule has 0 aliphatic carbocycles. The number of carboxylic acids is 1. The summed E-state index contributed by atoms with van der Waals surface area (Å²) in [6.07, 6.45) is 4.52. The lowest BCUT2D eigenvalue weighted by atomic mass is 10.1. The van der Waals surface area contributed by atoms with Crippen LogP contribution in [0.1, 0.15) is 10.6 Å². The maximum atomic E-state index is 10.7. The van der Waals surface area contributed by atoms with Gasteiger partial charge in [-0.3, -0.25) is 4.98 Å². The van der Waals surface area contributed by atoms with Gasteiger partial charge in [-0.05, 0) is 6.07 Å². The van der Waals surface area contributed by atoms with E-state index in [1.54, 1.807) is 24.5 Å². The summed E-state index contributed by atoms with van der Waals surface area (Å²) in [4.78, 5) is 14.6. The predicted octanol–water partition coefficient (Wildman–Crippen LogP) is 1.43. The van der Waals surface area contributed by atoms with E-state index in [0.717, 1.165) is 0 Å². The van der Waals surface area contributed by atoms with Gasteiger partial charge in [-0.2, -0.15) is 0 Å². The lowest BCUT2D eigenvalue weighted by Crippen LogP contribution is -1.95. The van der Waals surface area contributed by atoms with Crippen LogP contribution in [0, 0.1) is 0 Å². The van der Waals surface area contributed by atoms with Crippen molar-refractivity contribution in [3.05, 3.63) is 36.5 Å². The minimum absolute atomic E-state index is 0.169. The first-order valence-electron chi connectivity index (χ1n) is 3.87. The molecule has 2 aromatic rings. The minimum atomic E-state index is -1.14. The molecule has 0 saturated carbocycles. The zero-order valence-electron chi connectivity index (χ0n) is 7.04. The highest BCUT2D eigenvalue weighted by molar-refractivity contribution is 5.92. The lowest BCUT2D eigenvalue weighted by molar-refractivity contribution is 0.0653. The van der Waals surface area contributed by atoms with Gasteiger partial charge in [0.2, 0.25) is 0 Å². The van der Waals surface area contributed by atoms with Crippen molar-refractivity contribution in [1.29, 1.82) is 0 Å². The number of rotatable bonds is 2. The molecule has 0 fully saturated rings. The van der Waals surface area contributed by atoms with Crippen LogP contribution in [0.25, 0.3) is 11.1 Å². The molecule has 0 spiro atoms. The molecule has 0 atom stereocenters. The van der Waals surface area contributed by atoms with Crippen LogP contribution in [0.15, 0.2) is 35.2 Å². The molecule has 0 radical (unpaired) electrons. The Labute approximate surface area is 79.0 Å². The first kappa shape index (κ1) is 8.43. The Bertz CT molecular complexity index is 450. The third-order valence-electron chi connectivity index (χ3n) is 1.74. The molecule has 70 valence electrons. The minimum Gasteiger partial charge on any atom is -0.475 e. The number of pyridine rings is 1. The summed E-state index contributed by atoms with van der Waals surface area (Å²) in [6, 6.07) is 3.46. The van der Waals surface area contributed by atoms with Gasteiger partial charge in [-0.1, -0.05) is 11.2 Å². The SMILES string of the molecule is O=C(O)c1oncc1-c1cccnc1. The number of hydrogen-bond acceptors (Lipinski definition) is 4. The average Bonchev–Trinajstić information content (AvgIpc) is 2.67. The van der Waals surface area contributed by atoms with Crippen molar-refractivity contribution >= 4 is 5.97 Å². The van der Waals surface area contributed by atoms with Crippen LogP contribution < -0.4 is 0 Å². The van der Waals surface area contributed by atoms with E-state index >= 15 is 0 Å². The predicted molar refractivity (Wildman–Crippen MR) is 46.7 cm³/mol. The third-order valence-corrected chi connectivity index (χ3v) is 1.74. The summed E-state index contributed by atoms with van der Waals surface area (Å²) in [6.45, 7) is 0. The van der Waals surface area contributed by atoms with Gasteiger partial charge in [0.15, 0.2) is 0 Å². The van der Waals surface area contributed by atoms with Gasteiger partial charge in [0, 0.05) is 18.0 Å². The van der Waals surface area contributed by atoms with Crippen LogP contribution in [0.2, 0.25) is 0 Å². The van der Waals surface area contributed by atoms with Crippen molar-refractivity contribution in [2.24, 2.45) is 0 Å². The fourth-order valence-electron chi connectivity index (χ4n) is 1.12. The van der Waals surface area contributed by atoms with E-state index in [1.807, 2.05) is 0 Å². The van der Waals surface area contributed by atoms with Crippen molar-refractivity contribution in [2.75, 3.05) is 0 Å². The number of aromatic nitrogens is 2. The molecule has 2 rings (SSSR count). The van der Waals surface area contributed by atoms with E-state index < -0.39 is 5.97 Å². The Hall–Kier alpha value is -2.17. The average molecular weight is 190 g/mol. The van der Waals surface area contributed by atoms with Gasteiger partial charge in [0.25, 0.3) is 5.76 Å². The first-order chi connectivity index (χ1) is 6.79. The number of aromatic carboxylic acids is 1. The number of carboxylic acid groups (broad SMARTS) is 1. The second-order valence-corrected chi connectivity index (χ2v) is 2.62. The highest BCUT2D eigenvalue weighted by Gasteiger charge is 2.16. The lowest BCUT2D eigenvalue weighted by Gasteiger charge is -1.95. The maximum absolute atomic E-state index is 10.7. The Balaban J connectivity index is 2.52. The summed E-state index contributed by atoms with van der Waals surface area (Å²) in [5.74, 6) is -1.31. The van der Waals surface area contributed by atoms with E-state index in [0.29, 0.717) is 11.1 Å². The third kappa shape index (κ3) is 1.35. The van der Waals surface area contributed by atoms with Crippen molar-refractivity contribution in [2.45, 2.75) is 0 Å². The number of carbonyl (C=O) groups is 1. The molecule has 0 amide bonds. The quantitative estimate of drug-likeness (QED) is 0.775. The standard InChI is InChI=1S/C9H6N2O3/c12-9(13)8-7(5-11-14-8)6-2-1-3-10-4-6/h1-5H,(H,12,13). The fourth-order valence-corrected chi connectivity index (χ4v) is 1.12.